The summed E-state index contributed by atoms with van der Waals surface area (Å²) in [6, 6.07) is 7.59. The van der Waals surface area contributed by atoms with E-state index in [0.29, 0.717) is 5.16 Å². The number of aromatic nitrogens is 2. The Kier molecular flexibility index (Phi) is 4.17. The molecule has 0 saturated carbocycles. The molecule has 1 aromatic carbocycles. The second kappa shape index (κ2) is 5.84. The molecule has 0 aliphatic heterocycles. The van der Waals surface area contributed by atoms with Gasteiger partial charge >= 0.3 is 0 Å². The van der Waals surface area contributed by atoms with Gasteiger partial charge in [-0.15, -0.1) is 0 Å². The van der Waals surface area contributed by atoms with E-state index in [4.69, 9.17) is 4.74 Å². The van der Waals surface area contributed by atoms with Crippen molar-refractivity contribution in [1.82, 2.24) is 9.97 Å². The lowest BCUT2D eigenvalue weighted by atomic mass is 10.1. The third-order valence-corrected chi connectivity index (χ3v) is 3.12. The summed E-state index contributed by atoms with van der Waals surface area (Å²) in [7, 11) is 1.63. The second-order valence-corrected chi connectivity index (χ2v) is 4.39. The van der Waals surface area contributed by atoms with Crippen molar-refractivity contribution < 1.29 is 9.84 Å². The first kappa shape index (κ1) is 12.9. The monoisotopic (exact) mass is 262 g/mol. The molecule has 0 saturated heterocycles. The van der Waals surface area contributed by atoms with Gasteiger partial charge in [-0.25, -0.2) is 9.97 Å². The number of thioether (sulfide) groups is 1. The van der Waals surface area contributed by atoms with Crippen molar-refractivity contribution in [3.8, 4) is 17.0 Å². The summed E-state index contributed by atoms with van der Waals surface area (Å²) >= 11 is 1.48. The average molecular weight is 262 g/mol. The summed E-state index contributed by atoms with van der Waals surface area (Å²) in [6.45, 7) is -0.0734. The van der Waals surface area contributed by atoms with Gasteiger partial charge in [0.15, 0.2) is 5.16 Å². The molecule has 0 atom stereocenters. The fourth-order valence-electron chi connectivity index (χ4n) is 1.60. The van der Waals surface area contributed by atoms with E-state index >= 15 is 0 Å². The molecule has 1 aromatic heterocycles. The average Bonchev–Trinajstić information content (AvgIpc) is 2.46. The summed E-state index contributed by atoms with van der Waals surface area (Å²) < 4.78 is 5.12. The molecular formula is C13H14N2O2S. The van der Waals surface area contributed by atoms with Gasteiger partial charge in [0.25, 0.3) is 0 Å². The fourth-order valence-corrected chi connectivity index (χ4v) is 1.94. The topological polar surface area (TPSA) is 55.2 Å². The smallest absolute Gasteiger partial charge is 0.187 e. The third kappa shape index (κ3) is 2.63. The van der Waals surface area contributed by atoms with Crippen molar-refractivity contribution in [3.05, 3.63) is 36.0 Å². The second-order valence-electron chi connectivity index (χ2n) is 3.62. The van der Waals surface area contributed by atoms with Gasteiger partial charge in [0.2, 0.25) is 0 Å². The molecular weight excluding hydrogens is 248 g/mol. The summed E-state index contributed by atoms with van der Waals surface area (Å²) in [5.74, 6) is 0.795. The van der Waals surface area contributed by atoms with Crippen molar-refractivity contribution in [2.24, 2.45) is 0 Å². The van der Waals surface area contributed by atoms with E-state index in [-0.39, 0.29) is 6.61 Å². The first-order valence-corrected chi connectivity index (χ1v) is 6.66. The predicted molar refractivity (Wildman–Crippen MR) is 71.7 cm³/mol. The highest BCUT2D eigenvalue weighted by atomic mass is 32.2. The van der Waals surface area contributed by atoms with E-state index in [1.165, 1.54) is 11.8 Å². The minimum Gasteiger partial charge on any atom is -0.497 e. The van der Waals surface area contributed by atoms with Crippen molar-refractivity contribution in [2.45, 2.75) is 11.8 Å². The number of nitrogens with zero attached hydrogens (tertiary/aromatic N) is 2. The highest BCUT2D eigenvalue weighted by Crippen LogP contribution is 2.25. The van der Waals surface area contributed by atoms with Crippen molar-refractivity contribution in [2.75, 3.05) is 13.4 Å². The lowest BCUT2D eigenvalue weighted by Crippen LogP contribution is -1.97. The standard InChI is InChI=1S/C13H14N2O2S/c1-17-11-5-3-9(4-6-11)12-10(8-16)7-14-13(15-12)18-2/h3-7,16H,8H2,1-2H3. The van der Waals surface area contributed by atoms with Crippen LogP contribution in [0, 0.1) is 0 Å². The minimum absolute atomic E-state index is 0.0734. The van der Waals surface area contributed by atoms with Crippen molar-refractivity contribution in [1.29, 1.82) is 0 Å². The Bertz CT molecular complexity index is 529. The number of ether oxygens (including phenoxy) is 1. The first-order valence-electron chi connectivity index (χ1n) is 5.43. The van der Waals surface area contributed by atoms with Gasteiger partial charge in [0, 0.05) is 17.3 Å². The predicted octanol–water partition coefficient (Wildman–Crippen LogP) is 2.37. The molecule has 1 N–H and O–H groups in total. The van der Waals surface area contributed by atoms with Crippen LogP contribution < -0.4 is 4.74 Å². The maximum absolute atomic E-state index is 9.33. The molecule has 0 fully saturated rings. The van der Waals surface area contributed by atoms with Crippen LogP contribution in [0.1, 0.15) is 5.56 Å². The Morgan fingerprint density at radius 3 is 2.56 bits per heavy atom. The van der Waals surface area contributed by atoms with Crippen LogP contribution in [-0.4, -0.2) is 28.4 Å². The van der Waals surface area contributed by atoms with Crippen LogP contribution in [0.3, 0.4) is 0 Å². The summed E-state index contributed by atoms with van der Waals surface area (Å²) in [6.07, 6.45) is 3.59. The number of benzene rings is 1. The molecule has 4 nitrogen and oxygen atoms in total. The van der Waals surface area contributed by atoms with Gasteiger partial charge < -0.3 is 9.84 Å². The number of rotatable bonds is 4. The third-order valence-electron chi connectivity index (χ3n) is 2.56. The normalized spacial score (nSPS) is 10.4. The Labute approximate surface area is 110 Å². The van der Waals surface area contributed by atoms with E-state index in [1.54, 1.807) is 13.3 Å². The lowest BCUT2D eigenvalue weighted by molar-refractivity contribution is 0.281. The molecule has 1 heterocycles. The largest absolute Gasteiger partial charge is 0.497 e. The van der Waals surface area contributed by atoms with Crippen LogP contribution in [-0.2, 0) is 6.61 Å². The molecule has 0 aliphatic rings. The first-order chi connectivity index (χ1) is 8.78. The summed E-state index contributed by atoms with van der Waals surface area (Å²) in [5, 5.41) is 10.0. The summed E-state index contributed by atoms with van der Waals surface area (Å²) in [5.41, 5.74) is 2.43. The highest BCUT2D eigenvalue weighted by Gasteiger charge is 2.08. The summed E-state index contributed by atoms with van der Waals surface area (Å²) in [4.78, 5) is 8.59. The molecule has 0 bridgehead atoms. The van der Waals surface area contributed by atoms with Gasteiger partial charge in [-0.05, 0) is 30.5 Å². The Morgan fingerprint density at radius 2 is 2.00 bits per heavy atom. The van der Waals surface area contributed by atoms with E-state index < -0.39 is 0 Å². The van der Waals surface area contributed by atoms with Gasteiger partial charge in [-0.1, -0.05) is 11.8 Å². The molecule has 2 aromatic rings. The maximum atomic E-state index is 9.33. The number of methoxy groups -OCH3 is 1. The Balaban J connectivity index is 2.46. The zero-order valence-electron chi connectivity index (χ0n) is 10.3. The SMILES string of the molecule is COc1ccc(-c2nc(SC)ncc2CO)cc1. The van der Waals surface area contributed by atoms with Crippen LogP contribution in [0.15, 0.2) is 35.6 Å². The minimum atomic E-state index is -0.0734. The quantitative estimate of drug-likeness (QED) is 0.677. The molecule has 0 radical (unpaired) electrons. The highest BCUT2D eigenvalue weighted by molar-refractivity contribution is 7.98. The molecule has 18 heavy (non-hydrogen) atoms. The van der Waals surface area contributed by atoms with Gasteiger partial charge in [0.1, 0.15) is 5.75 Å². The van der Waals surface area contributed by atoms with Crippen molar-refractivity contribution in [3.63, 3.8) is 0 Å². The van der Waals surface area contributed by atoms with Gasteiger partial charge in [0.05, 0.1) is 19.4 Å². The molecule has 94 valence electrons. The van der Waals surface area contributed by atoms with E-state index in [1.807, 2.05) is 30.5 Å². The zero-order chi connectivity index (χ0) is 13.0. The van der Waals surface area contributed by atoms with E-state index in [2.05, 4.69) is 9.97 Å². The Hall–Kier alpha value is -1.59. The number of aliphatic hydroxyl groups is 1. The van der Waals surface area contributed by atoms with Gasteiger partial charge in [-0.3, -0.25) is 0 Å². The van der Waals surface area contributed by atoms with E-state index in [0.717, 1.165) is 22.6 Å². The maximum Gasteiger partial charge on any atom is 0.187 e. The fraction of sp³-hybridized carbons (Fsp3) is 0.231. The Morgan fingerprint density at radius 1 is 1.28 bits per heavy atom. The molecule has 2 rings (SSSR count). The number of hydrogen-bond donors (Lipinski definition) is 1. The number of aliphatic hydroxyl groups excluding tert-OH is 1. The van der Waals surface area contributed by atoms with Crippen LogP contribution in [0.2, 0.25) is 0 Å². The van der Waals surface area contributed by atoms with E-state index in [9.17, 15) is 5.11 Å². The van der Waals surface area contributed by atoms with Crippen molar-refractivity contribution >= 4 is 11.8 Å². The van der Waals surface area contributed by atoms with Crippen LogP contribution in [0.25, 0.3) is 11.3 Å². The lowest BCUT2D eigenvalue weighted by Gasteiger charge is -2.08. The zero-order valence-corrected chi connectivity index (χ0v) is 11.1. The van der Waals surface area contributed by atoms with Gasteiger partial charge in [-0.2, -0.15) is 0 Å². The molecule has 0 amide bonds. The molecule has 0 unspecified atom stereocenters. The molecule has 0 aliphatic carbocycles. The van der Waals surface area contributed by atoms with Crippen LogP contribution in [0.4, 0.5) is 0 Å². The van der Waals surface area contributed by atoms with Crippen LogP contribution >= 0.6 is 11.8 Å². The van der Waals surface area contributed by atoms with Crippen LogP contribution in [0.5, 0.6) is 5.75 Å². The molecule has 5 heteroatoms. The number of hydrogen-bond acceptors (Lipinski definition) is 5. The molecule has 0 spiro atoms.